The van der Waals surface area contributed by atoms with Gasteiger partial charge in [0.1, 0.15) is 5.75 Å². The Labute approximate surface area is 86.4 Å². The summed E-state index contributed by atoms with van der Waals surface area (Å²) >= 11 is 0. The van der Waals surface area contributed by atoms with E-state index in [4.69, 9.17) is 0 Å². The Kier molecular flexibility index (Phi) is 1.63. The fourth-order valence-electron chi connectivity index (χ4n) is 2.39. The maximum absolute atomic E-state index is 11.7. The number of phenolic OH excluding ortho intramolecular Hbond substituents is 1. The van der Waals surface area contributed by atoms with Gasteiger partial charge in [-0.2, -0.15) is 0 Å². The van der Waals surface area contributed by atoms with Crippen LogP contribution in [0.25, 0.3) is 10.9 Å². The second-order valence-electron chi connectivity index (χ2n) is 3.99. The number of phenols is 1. The van der Waals surface area contributed by atoms with Gasteiger partial charge in [-0.15, -0.1) is 0 Å². The largest absolute Gasteiger partial charge is 0.508 e. The first-order valence-electron chi connectivity index (χ1n) is 5.12. The fraction of sp³-hybridized carbons (Fsp3) is 0.250. The van der Waals surface area contributed by atoms with Gasteiger partial charge in [-0.25, -0.2) is 0 Å². The molecule has 0 saturated heterocycles. The van der Waals surface area contributed by atoms with Crippen molar-refractivity contribution < 1.29 is 5.11 Å². The van der Waals surface area contributed by atoms with Crippen LogP contribution in [0.2, 0.25) is 0 Å². The van der Waals surface area contributed by atoms with E-state index in [2.05, 4.69) is 4.98 Å². The van der Waals surface area contributed by atoms with E-state index in [0.29, 0.717) is 0 Å². The maximum Gasteiger partial charge on any atom is 0.251 e. The van der Waals surface area contributed by atoms with Crippen LogP contribution >= 0.6 is 0 Å². The average molecular weight is 201 g/mol. The van der Waals surface area contributed by atoms with Gasteiger partial charge in [0.25, 0.3) is 5.56 Å². The Balaban J connectivity index is 2.48. The van der Waals surface area contributed by atoms with E-state index in [1.54, 1.807) is 12.1 Å². The first-order chi connectivity index (χ1) is 7.25. The van der Waals surface area contributed by atoms with Crippen LogP contribution in [0.5, 0.6) is 5.75 Å². The third kappa shape index (κ3) is 1.16. The lowest BCUT2D eigenvalue weighted by Gasteiger charge is -2.04. The Morgan fingerprint density at radius 1 is 1.20 bits per heavy atom. The number of hydrogen-bond donors (Lipinski definition) is 2. The molecule has 1 heterocycles. The third-order valence-corrected chi connectivity index (χ3v) is 3.07. The summed E-state index contributed by atoms with van der Waals surface area (Å²) in [6, 6.07) is 5.15. The summed E-state index contributed by atoms with van der Waals surface area (Å²) in [5.41, 5.74) is 2.82. The van der Waals surface area contributed by atoms with Crippen molar-refractivity contribution in [3.63, 3.8) is 0 Å². The van der Waals surface area contributed by atoms with Gasteiger partial charge < -0.3 is 10.1 Å². The molecule has 2 N–H and O–H groups in total. The molecule has 1 aliphatic rings. The van der Waals surface area contributed by atoms with Crippen molar-refractivity contribution in [1.29, 1.82) is 0 Å². The average Bonchev–Trinajstić information content (AvgIpc) is 2.66. The number of H-pyrrole nitrogens is 1. The number of nitrogens with one attached hydrogen (secondary N) is 1. The SMILES string of the molecule is O=c1[nH]c2cc(O)ccc2c2c1CCC2. The molecule has 0 unspecified atom stereocenters. The lowest BCUT2D eigenvalue weighted by atomic mass is 10.1. The molecule has 0 fully saturated rings. The molecule has 0 radical (unpaired) electrons. The zero-order valence-electron chi connectivity index (χ0n) is 8.21. The molecule has 15 heavy (non-hydrogen) atoms. The van der Waals surface area contributed by atoms with Crippen LogP contribution in [-0.2, 0) is 12.8 Å². The number of aryl methyl sites for hydroxylation is 1. The van der Waals surface area contributed by atoms with Crippen LogP contribution in [0.4, 0.5) is 0 Å². The Hall–Kier alpha value is -1.77. The predicted octanol–water partition coefficient (Wildman–Crippen LogP) is 1.72. The van der Waals surface area contributed by atoms with Crippen molar-refractivity contribution in [1.82, 2.24) is 4.98 Å². The van der Waals surface area contributed by atoms with E-state index in [9.17, 15) is 9.90 Å². The molecule has 1 aromatic heterocycles. The number of hydrogen-bond acceptors (Lipinski definition) is 2. The summed E-state index contributed by atoms with van der Waals surface area (Å²) in [6.07, 6.45) is 2.90. The zero-order valence-corrected chi connectivity index (χ0v) is 8.21. The molecule has 0 spiro atoms. The minimum atomic E-state index is 0.000556. The van der Waals surface area contributed by atoms with Crippen molar-refractivity contribution in [2.75, 3.05) is 0 Å². The highest BCUT2D eigenvalue weighted by molar-refractivity contribution is 5.84. The summed E-state index contributed by atoms with van der Waals surface area (Å²) in [6.45, 7) is 0. The maximum atomic E-state index is 11.7. The van der Waals surface area contributed by atoms with Crippen molar-refractivity contribution in [2.24, 2.45) is 0 Å². The molecule has 3 nitrogen and oxygen atoms in total. The number of fused-ring (bicyclic) bond motifs is 3. The molecule has 3 heteroatoms. The van der Waals surface area contributed by atoms with Crippen molar-refractivity contribution in [3.05, 3.63) is 39.7 Å². The normalized spacial score (nSPS) is 14.4. The molecular weight excluding hydrogens is 190 g/mol. The third-order valence-electron chi connectivity index (χ3n) is 3.07. The molecule has 2 aromatic rings. The fourth-order valence-corrected chi connectivity index (χ4v) is 2.39. The van der Waals surface area contributed by atoms with E-state index in [-0.39, 0.29) is 11.3 Å². The van der Waals surface area contributed by atoms with Crippen LogP contribution in [0, 0.1) is 0 Å². The van der Waals surface area contributed by atoms with Gasteiger partial charge >= 0.3 is 0 Å². The highest BCUT2D eigenvalue weighted by Crippen LogP contribution is 2.27. The van der Waals surface area contributed by atoms with E-state index >= 15 is 0 Å². The zero-order chi connectivity index (χ0) is 10.4. The first kappa shape index (κ1) is 8.53. The summed E-state index contributed by atoms with van der Waals surface area (Å²) in [5, 5.41) is 10.4. The summed E-state index contributed by atoms with van der Waals surface area (Å²) in [7, 11) is 0. The van der Waals surface area contributed by atoms with Gasteiger partial charge in [0.05, 0.1) is 5.52 Å². The van der Waals surface area contributed by atoms with Crippen molar-refractivity contribution in [2.45, 2.75) is 19.3 Å². The molecular formula is C12H11NO2. The highest BCUT2D eigenvalue weighted by Gasteiger charge is 2.17. The number of aromatic amines is 1. The minimum Gasteiger partial charge on any atom is -0.508 e. The highest BCUT2D eigenvalue weighted by atomic mass is 16.3. The van der Waals surface area contributed by atoms with Crippen molar-refractivity contribution in [3.8, 4) is 5.75 Å². The van der Waals surface area contributed by atoms with Crippen LogP contribution in [0.15, 0.2) is 23.0 Å². The standard InChI is InChI=1S/C12H11NO2/c14-7-4-5-9-8-2-1-3-10(8)12(15)13-11(9)6-7/h4-6,14H,1-3H2,(H,13,15). The quantitative estimate of drug-likeness (QED) is 0.682. The number of rotatable bonds is 0. The lowest BCUT2D eigenvalue weighted by molar-refractivity contribution is 0.476. The van der Waals surface area contributed by atoms with Gasteiger partial charge in [-0.3, -0.25) is 4.79 Å². The molecule has 0 aliphatic heterocycles. The van der Waals surface area contributed by atoms with Gasteiger partial charge in [-0.1, -0.05) is 0 Å². The molecule has 76 valence electrons. The first-order valence-corrected chi connectivity index (χ1v) is 5.12. The second kappa shape index (κ2) is 2.86. The topological polar surface area (TPSA) is 53.1 Å². The van der Waals surface area contributed by atoms with Crippen LogP contribution in [-0.4, -0.2) is 10.1 Å². The minimum absolute atomic E-state index is 0.000556. The molecule has 0 bridgehead atoms. The molecule has 1 aliphatic carbocycles. The Bertz CT molecular complexity index is 598. The molecule has 0 amide bonds. The molecule has 3 rings (SSSR count). The van der Waals surface area contributed by atoms with Crippen LogP contribution in [0.1, 0.15) is 17.5 Å². The number of pyridine rings is 1. The van der Waals surface area contributed by atoms with Gasteiger partial charge in [0.15, 0.2) is 0 Å². The van der Waals surface area contributed by atoms with E-state index in [1.807, 2.05) is 6.07 Å². The summed E-state index contributed by atoms with van der Waals surface area (Å²) in [4.78, 5) is 14.5. The van der Waals surface area contributed by atoms with Gasteiger partial charge in [0, 0.05) is 17.0 Å². The van der Waals surface area contributed by atoms with E-state index < -0.39 is 0 Å². The van der Waals surface area contributed by atoms with E-state index in [1.165, 1.54) is 0 Å². The van der Waals surface area contributed by atoms with E-state index in [0.717, 1.165) is 41.3 Å². The Morgan fingerprint density at radius 3 is 2.87 bits per heavy atom. The molecule has 0 saturated carbocycles. The monoisotopic (exact) mass is 201 g/mol. The summed E-state index contributed by atoms with van der Waals surface area (Å²) < 4.78 is 0. The van der Waals surface area contributed by atoms with Gasteiger partial charge in [-0.05, 0) is 37.0 Å². The van der Waals surface area contributed by atoms with Gasteiger partial charge in [0.2, 0.25) is 0 Å². The Morgan fingerprint density at radius 2 is 2.00 bits per heavy atom. The molecule has 0 atom stereocenters. The predicted molar refractivity (Wildman–Crippen MR) is 58.3 cm³/mol. The molecule has 1 aromatic carbocycles. The van der Waals surface area contributed by atoms with Crippen LogP contribution < -0.4 is 5.56 Å². The van der Waals surface area contributed by atoms with Crippen LogP contribution in [0.3, 0.4) is 0 Å². The number of benzene rings is 1. The van der Waals surface area contributed by atoms with Crippen molar-refractivity contribution >= 4 is 10.9 Å². The number of aromatic nitrogens is 1. The number of aromatic hydroxyl groups is 1. The summed E-state index contributed by atoms with van der Waals surface area (Å²) in [5.74, 6) is 0.191. The second-order valence-corrected chi connectivity index (χ2v) is 3.99. The smallest absolute Gasteiger partial charge is 0.251 e. The lowest BCUT2D eigenvalue weighted by Crippen LogP contribution is -2.12.